The van der Waals surface area contributed by atoms with E-state index in [0.29, 0.717) is 17.0 Å². The smallest absolute Gasteiger partial charge is 0.127 e. The van der Waals surface area contributed by atoms with Gasteiger partial charge in [-0.2, -0.15) is 0 Å². The van der Waals surface area contributed by atoms with Crippen LogP contribution >= 0.6 is 23.2 Å². The third-order valence-corrected chi connectivity index (χ3v) is 3.97. The SMILES string of the molecule is CC(C)(C)C(Cl)CCCc1ccc(Cl)cc1F. The van der Waals surface area contributed by atoms with Crippen molar-refractivity contribution in [3.05, 3.63) is 34.6 Å². The molecule has 0 spiro atoms. The van der Waals surface area contributed by atoms with E-state index in [1.807, 2.05) is 0 Å². The zero-order valence-corrected chi connectivity index (χ0v) is 12.1. The highest BCUT2D eigenvalue weighted by Gasteiger charge is 2.21. The summed E-state index contributed by atoms with van der Waals surface area (Å²) >= 11 is 12.0. The lowest BCUT2D eigenvalue weighted by atomic mass is 9.88. The number of benzene rings is 1. The van der Waals surface area contributed by atoms with Gasteiger partial charge in [-0.05, 0) is 42.4 Å². The second-order valence-electron chi connectivity index (χ2n) is 5.46. The Bertz CT molecular complexity index is 369. The van der Waals surface area contributed by atoms with Crippen LogP contribution < -0.4 is 0 Å². The Labute approximate surface area is 113 Å². The maximum absolute atomic E-state index is 13.5. The number of halogens is 3. The molecule has 1 aromatic rings. The van der Waals surface area contributed by atoms with E-state index in [0.717, 1.165) is 12.8 Å². The van der Waals surface area contributed by atoms with Crippen LogP contribution in [0, 0.1) is 11.2 Å². The number of alkyl halides is 1. The van der Waals surface area contributed by atoms with Gasteiger partial charge in [-0.1, -0.05) is 38.4 Å². The van der Waals surface area contributed by atoms with Crippen molar-refractivity contribution in [2.75, 3.05) is 0 Å². The van der Waals surface area contributed by atoms with Gasteiger partial charge in [0.2, 0.25) is 0 Å². The highest BCUT2D eigenvalue weighted by Crippen LogP contribution is 2.28. The molecule has 0 aromatic heterocycles. The van der Waals surface area contributed by atoms with Crippen LogP contribution in [0.1, 0.15) is 39.2 Å². The lowest BCUT2D eigenvalue weighted by Crippen LogP contribution is -2.20. The van der Waals surface area contributed by atoms with E-state index in [2.05, 4.69) is 20.8 Å². The Morgan fingerprint density at radius 1 is 1.29 bits per heavy atom. The van der Waals surface area contributed by atoms with Crippen LogP contribution in [-0.2, 0) is 6.42 Å². The molecule has 0 saturated carbocycles. The van der Waals surface area contributed by atoms with E-state index in [9.17, 15) is 4.39 Å². The van der Waals surface area contributed by atoms with E-state index in [1.54, 1.807) is 12.1 Å². The van der Waals surface area contributed by atoms with E-state index in [-0.39, 0.29) is 16.6 Å². The van der Waals surface area contributed by atoms with Crippen molar-refractivity contribution in [2.24, 2.45) is 5.41 Å². The summed E-state index contributed by atoms with van der Waals surface area (Å²) in [5, 5.41) is 0.564. The molecule has 0 aliphatic heterocycles. The third kappa shape index (κ3) is 4.85. The van der Waals surface area contributed by atoms with Crippen molar-refractivity contribution in [2.45, 2.75) is 45.4 Å². The molecule has 0 heterocycles. The molecule has 0 fully saturated rings. The van der Waals surface area contributed by atoms with Crippen LogP contribution in [0.15, 0.2) is 18.2 Å². The van der Waals surface area contributed by atoms with Gasteiger partial charge in [-0.25, -0.2) is 4.39 Å². The molecule has 0 aliphatic rings. The van der Waals surface area contributed by atoms with Crippen molar-refractivity contribution in [1.29, 1.82) is 0 Å². The standard InChI is InChI=1S/C14H19Cl2F/c1-14(2,3)13(16)6-4-5-10-7-8-11(15)9-12(10)17/h7-9,13H,4-6H2,1-3H3. The first kappa shape index (κ1) is 14.8. The van der Waals surface area contributed by atoms with Crippen LogP contribution in [0.25, 0.3) is 0 Å². The molecule has 0 aliphatic carbocycles. The average molecular weight is 277 g/mol. The maximum atomic E-state index is 13.5. The molecule has 17 heavy (non-hydrogen) atoms. The molecule has 0 saturated heterocycles. The molecule has 0 bridgehead atoms. The van der Waals surface area contributed by atoms with Crippen molar-refractivity contribution in [3.63, 3.8) is 0 Å². The lowest BCUT2D eigenvalue weighted by molar-refractivity contribution is 0.368. The summed E-state index contributed by atoms with van der Waals surface area (Å²) in [6.45, 7) is 6.36. The van der Waals surface area contributed by atoms with Gasteiger partial charge in [0.1, 0.15) is 5.82 Å². The molecule has 0 radical (unpaired) electrons. The van der Waals surface area contributed by atoms with Crippen molar-refractivity contribution >= 4 is 23.2 Å². The monoisotopic (exact) mass is 276 g/mol. The maximum Gasteiger partial charge on any atom is 0.127 e. The largest absolute Gasteiger partial charge is 0.207 e. The first-order chi connectivity index (χ1) is 7.80. The number of rotatable bonds is 4. The van der Waals surface area contributed by atoms with E-state index >= 15 is 0 Å². The summed E-state index contributed by atoms with van der Waals surface area (Å²) in [6, 6.07) is 4.83. The highest BCUT2D eigenvalue weighted by atomic mass is 35.5. The minimum atomic E-state index is -0.223. The van der Waals surface area contributed by atoms with Gasteiger partial charge in [-0.3, -0.25) is 0 Å². The van der Waals surface area contributed by atoms with Crippen molar-refractivity contribution in [3.8, 4) is 0 Å². The Kier molecular flexibility index (Phi) is 5.27. The van der Waals surface area contributed by atoms with E-state index < -0.39 is 0 Å². The molecule has 1 rings (SSSR count). The van der Waals surface area contributed by atoms with Gasteiger partial charge in [-0.15, -0.1) is 11.6 Å². The number of hydrogen-bond donors (Lipinski definition) is 0. The fourth-order valence-electron chi connectivity index (χ4n) is 1.63. The van der Waals surface area contributed by atoms with Gasteiger partial charge >= 0.3 is 0 Å². The van der Waals surface area contributed by atoms with Crippen LogP contribution in [0.3, 0.4) is 0 Å². The molecule has 3 heteroatoms. The molecule has 1 atom stereocenters. The molecule has 0 nitrogen and oxygen atoms in total. The second-order valence-corrected chi connectivity index (χ2v) is 6.42. The molecular formula is C14H19Cl2F. The van der Waals surface area contributed by atoms with E-state index in [1.165, 1.54) is 6.07 Å². The highest BCUT2D eigenvalue weighted by molar-refractivity contribution is 6.30. The van der Waals surface area contributed by atoms with Crippen LogP contribution in [0.4, 0.5) is 4.39 Å². The van der Waals surface area contributed by atoms with Gasteiger partial charge in [0.05, 0.1) is 0 Å². The predicted molar refractivity (Wildman–Crippen MR) is 73.4 cm³/mol. The Balaban J connectivity index is 2.46. The minimum absolute atomic E-state index is 0.0973. The first-order valence-corrected chi connectivity index (χ1v) is 6.70. The fraction of sp³-hybridized carbons (Fsp3) is 0.571. The third-order valence-electron chi connectivity index (χ3n) is 2.86. The summed E-state index contributed by atoms with van der Waals surface area (Å²) in [6.07, 6.45) is 2.50. The zero-order valence-electron chi connectivity index (χ0n) is 10.6. The molecule has 1 aromatic carbocycles. The van der Waals surface area contributed by atoms with Gasteiger partial charge in [0.25, 0.3) is 0 Å². The first-order valence-electron chi connectivity index (χ1n) is 5.88. The minimum Gasteiger partial charge on any atom is -0.207 e. The second kappa shape index (κ2) is 6.06. The van der Waals surface area contributed by atoms with Gasteiger partial charge < -0.3 is 0 Å². The predicted octanol–water partition coefficient (Wildman–Crippen LogP) is 5.46. The number of aryl methyl sites for hydroxylation is 1. The molecule has 0 N–H and O–H groups in total. The number of hydrogen-bond acceptors (Lipinski definition) is 0. The van der Waals surface area contributed by atoms with Crippen molar-refractivity contribution in [1.82, 2.24) is 0 Å². The summed E-state index contributed by atoms with van der Waals surface area (Å²) in [7, 11) is 0. The summed E-state index contributed by atoms with van der Waals surface area (Å²) < 4.78 is 13.5. The fourth-order valence-corrected chi connectivity index (χ4v) is 1.94. The molecule has 1 unspecified atom stereocenters. The summed E-state index contributed by atoms with van der Waals surface area (Å²) in [5.74, 6) is -0.223. The van der Waals surface area contributed by atoms with Gasteiger partial charge in [0, 0.05) is 10.4 Å². The molecule has 0 amide bonds. The van der Waals surface area contributed by atoms with E-state index in [4.69, 9.17) is 23.2 Å². The molecular weight excluding hydrogens is 258 g/mol. The van der Waals surface area contributed by atoms with Gasteiger partial charge in [0.15, 0.2) is 0 Å². The topological polar surface area (TPSA) is 0 Å². The van der Waals surface area contributed by atoms with Crippen molar-refractivity contribution < 1.29 is 4.39 Å². The average Bonchev–Trinajstić information content (AvgIpc) is 2.19. The zero-order chi connectivity index (χ0) is 13.1. The molecule has 96 valence electrons. The van der Waals surface area contributed by atoms with Crippen LogP contribution in [0.2, 0.25) is 5.02 Å². The summed E-state index contributed by atoms with van der Waals surface area (Å²) in [5.41, 5.74) is 0.812. The Morgan fingerprint density at radius 2 is 1.94 bits per heavy atom. The Hall–Kier alpha value is -0.270. The summed E-state index contributed by atoms with van der Waals surface area (Å²) in [4.78, 5) is 0. The van der Waals surface area contributed by atoms with Crippen LogP contribution in [0.5, 0.6) is 0 Å². The quantitative estimate of drug-likeness (QED) is 0.641. The lowest BCUT2D eigenvalue weighted by Gasteiger charge is -2.25. The van der Waals surface area contributed by atoms with Crippen LogP contribution in [-0.4, -0.2) is 5.38 Å². The normalized spacial score (nSPS) is 13.8. The Morgan fingerprint density at radius 3 is 2.47 bits per heavy atom.